The lowest BCUT2D eigenvalue weighted by Crippen LogP contribution is -2.30. The number of ether oxygens (including phenoxy) is 1. The zero-order valence-corrected chi connectivity index (χ0v) is 13.0. The highest BCUT2D eigenvalue weighted by atomic mass is 35.5. The van der Waals surface area contributed by atoms with Gasteiger partial charge >= 0.3 is 5.97 Å². The summed E-state index contributed by atoms with van der Waals surface area (Å²) in [4.78, 5) is 27.6. The molecule has 120 valence electrons. The molecular weight excluding hydrogens is 323 g/mol. The number of nitrogens with zero attached hydrogens (tertiary/aromatic N) is 1. The molecule has 0 saturated heterocycles. The molecule has 23 heavy (non-hydrogen) atoms. The van der Waals surface area contributed by atoms with Gasteiger partial charge in [0.2, 0.25) is 0 Å². The van der Waals surface area contributed by atoms with Crippen LogP contribution in [0.15, 0.2) is 42.6 Å². The normalized spacial score (nSPS) is 11.6. The SMILES string of the molecule is C[C@H](OC(=O)Cc1ccccc1F)C(=O)Nc1cccnc1Cl. The molecule has 0 aliphatic carbocycles. The molecule has 5 nitrogen and oxygen atoms in total. The summed E-state index contributed by atoms with van der Waals surface area (Å²) in [6.07, 6.45) is 0.180. The van der Waals surface area contributed by atoms with E-state index in [2.05, 4.69) is 10.3 Å². The number of hydrogen-bond acceptors (Lipinski definition) is 4. The number of amides is 1. The smallest absolute Gasteiger partial charge is 0.311 e. The molecule has 0 unspecified atom stereocenters. The summed E-state index contributed by atoms with van der Waals surface area (Å²) in [5.41, 5.74) is 0.525. The summed E-state index contributed by atoms with van der Waals surface area (Å²) in [7, 11) is 0. The van der Waals surface area contributed by atoms with Gasteiger partial charge in [-0.15, -0.1) is 0 Å². The summed E-state index contributed by atoms with van der Waals surface area (Å²) in [5, 5.41) is 2.64. The summed E-state index contributed by atoms with van der Waals surface area (Å²) in [6, 6.07) is 9.06. The monoisotopic (exact) mass is 336 g/mol. The number of rotatable bonds is 5. The fourth-order valence-corrected chi connectivity index (χ4v) is 1.97. The van der Waals surface area contributed by atoms with Crippen LogP contribution in [0.3, 0.4) is 0 Å². The van der Waals surface area contributed by atoms with Crippen LogP contribution in [0.25, 0.3) is 0 Å². The molecule has 2 aromatic rings. The molecule has 0 aliphatic heterocycles. The van der Waals surface area contributed by atoms with E-state index in [0.717, 1.165) is 0 Å². The Labute approximate surface area is 137 Å². The molecule has 0 aliphatic rings. The van der Waals surface area contributed by atoms with Gasteiger partial charge in [0, 0.05) is 6.20 Å². The Morgan fingerprint density at radius 1 is 1.30 bits per heavy atom. The van der Waals surface area contributed by atoms with Gasteiger partial charge in [0.15, 0.2) is 11.3 Å². The first-order chi connectivity index (χ1) is 11.0. The number of carbonyl (C=O) groups excluding carboxylic acids is 2. The third kappa shape index (κ3) is 4.75. The molecule has 0 saturated carbocycles. The summed E-state index contributed by atoms with van der Waals surface area (Å²) in [6.45, 7) is 1.42. The average Bonchev–Trinajstić information content (AvgIpc) is 2.51. The number of esters is 1. The Morgan fingerprint density at radius 3 is 2.74 bits per heavy atom. The quantitative estimate of drug-likeness (QED) is 0.673. The number of nitrogens with one attached hydrogen (secondary N) is 1. The Balaban J connectivity index is 1.92. The molecule has 0 radical (unpaired) electrons. The molecule has 0 bridgehead atoms. The zero-order chi connectivity index (χ0) is 16.8. The molecule has 1 amide bonds. The molecule has 1 heterocycles. The first-order valence-electron chi connectivity index (χ1n) is 6.81. The van der Waals surface area contributed by atoms with Crippen molar-refractivity contribution in [3.8, 4) is 0 Å². The summed E-state index contributed by atoms with van der Waals surface area (Å²) < 4.78 is 18.5. The van der Waals surface area contributed by atoms with Gasteiger partial charge in [0.05, 0.1) is 12.1 Å². The Morgan fingerprint density at radius 2 is 2.04 bits per heavy atom. The summed E-state index contributed by atoms with van der Waals surface area (Å²) in [5.74, 6) is -1.75. The largest absolute Gasteiger partial charge is 0.452 e. The van der Waals surface area contributed by atoms with Crippen LogP contribution in [0.1, 0.15) is 12.5 Å². The lowest BCUT2D eigenvalue weighted by molar-refractivity contribution is -0.152. The van der Waals surface area contributed by atoms with Gasteiger partial charge in [-0.05, 0) is 30.7 Å². The highest BCUT2D eigenvalue weighted by molar-refractivity contribution is 6.32. The van der Waals surface area contributed by atoms with Gasteiger partial charge in [-0.25, -0.2) is 9.37 Å². The third-order valence-electron chi connectivity index (χ3n) is 2.99. The van der Waals surface area contributed by atoms with E-state index in [1.54, 1.807) is 18.2 Å². The van der Waals surface area contributed by atoms with E-state index in [-0.39, 0.29) is 17.1 Å². The van der Waals surface area contributed by atoms with Crippen LogP contribution < -0.4 is 5.32 Å². The maximum absolute atomic E-state index is 13.5. The maximum Gasteiger partial charge on any atom is 0.311 e. The molecule has 1 aromatic heterocycles. The van der Waals surface area contributed by atoms with Gasteiger partial charge in [-0.1, -0.05) is 29.8 Å². The average molecular weight is 337 g/mol. The van der Waals surface area contributed by atoms with Crippen LogP contribution >= 0.6 is 11.6 Å². The molecule has 0 spiro atoms. The van der Waals surface area contributed by atoms with E-state index in [9.17, 15) is 14.0 Å². The van der Waals surface area contributed by atoms with Crippen LogP contribution in [0.5, 0.6) is 0 Å². The van der Waals surface area contributed by atoms with E-state index in [1.807, 2.05) is 0 Å². The van der Waals surface area contributed by atoms with Crippen molar-refractivity contribution >= 4 is 29.2 Å². The van der Waals surface area contributed by atoms with E-state index in [1.165, 1.54) is 31.3 Å². The van der Waals surface area contributed by atoms with E-state index in [4.69, 9.17) is 16.3 Å². The van der Waals surface area contributed by atoms with Crippen molar-refractivity contribution < 1.29 is 18.7 Å². The number of halogens is 2. The number of carbonyl (C=O) groups is 2. The van der Waals surface area contributed by atoms with E-state index < -0.39 is 23.8 Å². The van der Waals surface area contributed by atoms with Crippen LogP contribution in [0, 0.1) is 5.82 Å². The van der Waals surface area contributed by atoms with Gasteiger partial charge in [-0.2, -0.15) is 0 Å². The van der Waals surface area contributed by atoms with Crippen LogP contribution in [0.2, 0.25) is 5.15 Å². The minimum atomic E-state index is -1.05. The van der Waals surface area contributed by atoms with Gasteiger partial charge in [0.1, 0.15) is 5.82 Å². The fourth-order valence-electron chi connectivity index (χ4n) is 1.80. The Bertz CT molecular complexity index is 724. The maximum atomic E-state index is 13.5. The van der Waals surface area contributed by atoms with Gasteiger partial charge in [0.25, 0.3) is 5.91 Å². The molecule has 1 atom stereocenters. The number of benzene rings is 1. The first-order valence-corrected chi connectivity index (χ1v) is 7.19. The van der Waals surface area contributed by atoms with Gasteiger partial charge in [-0.3, -0.25) is 9.59 Å². The Hall–Kier alpha value is -2.47. The molecule has 0 fully saturated rings. The number of aromatic nitrogens is 1. The highest BCUT2D eigenvalue weighted by Crippen LogP contribution is 2.18. The van der Waals surface area contributed by atoms with Crippen molar-refractivity contribution in [1.82, 2.24) is 4.98 Å². The zero-order valence-electron chi connectivity index (χ0n) is 12.3. The van der Waals surface area contributed by atoms with E-state index >= 15 is 0 Å². The van der Waals surface area contributed by atoms with Crippen LogP contribution in [-0.2, 0) is 20.7 Å². The summed E-state index contributed by atoms with van der Waals surface area (Å²) >= 11 is 5.83. The number of pyridine rings is 1. The van der Waals surface area contributed by atoms with Crippen molar-refractivity contribution in [2.24, 2.45) is 0 Å². The molecule has 1 N–H and O–H groups in total. The fraction of sp³-hybridized carbons (Fsp3) is 0.188. The van der Waals surface area contributed by atoms with Crippen LogP contribution in [0.4, 0.5) is 10.1 Å². The number of hydrogen-bond donors (Lipinski definition) is 1. The van der Waals surface area contributed by atoms with E-state index in [0.29, 0.717) is 5.69 Å². The van der Waals surface area contributed by atoms with Crippen molar-refractivity contribution in [2.75, 3.05) is 5.32 Å². The van der Waals surface area contributed by atoms with Crippen molar-refractivity contribution in [1.29, 1.82) is 0 Å². The lowest BCUT2D eigenvalue weighted by Gasteiger charge is -2.14. The minimum absolute atomic E-state index is 0.130. The van der Waals surface area contributed by atoms with Crippen LogP contribution in [-0.4, -0.2) is 23.0 Å². The Kier molecular flexibility index (Phi) is 5.65. The van der Waals surface area contributed by atoms with Crippen molar-refractivity contribution in [2.45, 2.75) is 19.4 Å². The predicted molar refractivity (Wildman–Crippen MR) is 83.5 cm³/mol. The molecular formula is C16H14ClFN2O3. The van der Waals surface area contributed by atoms with Crippen molar-refractivity contribution in [3.05, 3.63) is 59.1 Å². The number of anilines is 1. The highest BCUT2D eigenvalue weighted by Gasteiger charge is 2.19. The molecule has 7 heteroatoms. The topological polar surface area (TPSA) is 68.3 Å². The third-order valence-corrected chi connectivity index (χ3v) is 3.29. The second-order valence-electron chi connectivity index (χ2n) is 4.73. The molecule has 1 aromatic carbocycles. The predicted octanol–water partition coefficient (Wildman–Crippen LogP) is 2.99. The van der Waals surface area contributed by atoms with Crippen molar-refractivity contribution in [3.63, 3.8) is 0 Å². The standard InChI is InChI=1S/C16H14ClFN2O3/c1-10(16(22)20-13-7-4-8-19-15(13)17)23-14(21)9-11-5-2-3-6-12(11)18/h2-8,10H,9H2,1H3,(H,20,22)/t10-/m0/s1. The van der Waals surface area contributed by atoms with Gasteiger partial charge < -0.3 is 10.1 Å². The lowest BCUT2D eigenvalue weighted by atomic mass is 10.1. The second-order valence-corrected chi connectivity index (χ2v) is 5.09. The second kappa shape index (κ2) is 7.69. The minimum Gasteiger partial charge on any atom is -0.452 e. The first kappa shape index (κ1) is 16.9. The molecule has 2 rings (SSSR count).